The zero-order valence-electron chi connectivity index (χ0n) is 10.6. The van der Waals surface area contributed by atoms with Gasteiger partial charge in [0.1, 0.15) is 0 Å². The van der Waals surface area contributed by atoms with E-state index in [0.29, 0.717) is 5.56 Å². The number of nitrogens with zero attached hydrogens (tertiary/aromatic N) is 1. The third kappa shape index (κ3) is 2.43. The number of hydrogen-bond donors (Lipinski definition) is 1. The Labute approximate surface area is 133 Å². The topological polar surface area (TPSA) is 52.0 Å². The van der Waals surface area contributed by atoms with Gasteiger partial charge < -0.3 is 10.3 Å². The van der Waals surface area contributed by atoms with E-state index in [2.05, 4.69) is 21.1 Å². The Bertz CT molecular complexity index is 819. The van der Waals surface area contributed by atoms with Crippen molar-refractivity contribution in [3.63, 3.8) is 0 Å². The van der Waals surface area contributed by atoms with E-state index in [9.17, 15) is 4.39 Å². The standard InChI is InChI=1S/C15H9BrClFN2O/c16-10-6-2-1-4-8(10)12-14(21-20-15(12)19)9-5-3-7-11(17)13(9)18/h1-7H,(H2,19,20). The smallest absolute Gasteiger partial charge is 0.179 e. The van der Waals surface area contributed by atoms with Crippen molar-refractivity contribution in [1.29, 1.82) is 0 Å². The highest BCUT2D eigenvalue weighted by Crippen LogP contribution is 2.41. The molecule has 0 radical (unpaired) electrons. The van der Waals surface area contributed by atoms with Crippen LogP contribution in [-0.2, 0) is 0 Å². The van der Waals surface area contributed by atoms with Crippen molar-refractivity contribution in [1.82, 2.24) is 5.16 Å². The molecule has 0 aliphatic rings. The Morgan fingerprint density at radius 2 is 1.81 bits per heavy atom. The molecule has 0 atom stereocenters. The van der Waals surface area contributed by atoms with Crippen LogP contribution in [0.4, 0.5) is 10.2 Å². The van der Waals surface area contributed by atoms with Crippen LogP contribution in [0.3, 0.4) is 0 Å². The predicted molar refractivity (Wildman–Crippen MR) is 84.5 cm³/mol. The van der Waals surface area contributed by atoms with Gasteiger partial charge >= 0.3 is 0 Å². The lowest BCUT2D eigenvalue weighted by atomic mass is 10.0. The molecular weight excluding hydrogens is 359 g/mol. The second kappa shape index (κ2) is 5.50. The van der Waals surface area contributed by atoms with Crippen LogP contribution in [0.15, 0.2) is 51.5 Å². The molecule has 0 bridgehead atoms. The molecule has 0 unspecified atom stereocenters. The van der Waals surface area contributed by atoms with Crippen molar-refractivity contribution in [3.8, 4) is 22.5 Å². The molecule has 0 fully saturated rings. The summed E-state index contributed by atoms with van der Waals surface area (Å²) < 4.78 is 20.3. The molecule has 0 aliphatic carbocycles. The van der Waals surface area contributed by atoms with Crippen molar-refractivity contribution >= 4 is 33.3 Å². The first kappa shape index (κ1) is 14.1. The number of aromatic nitrogens is 1. The van der Waals surface area contributed by atoms with E-state index in [1.807, 2.05) is 24.3 Å². The normalized spacial score (nSPS) is 10.8. The van der Waals surface area contributed by atoms with Gasteiger partial charge in [-0.25, -0.2) is 4.39 Å². The second-order valence-corrected chi connectivity index (χ2v) is 5.61. The largest absolute Gasteiger partial charge is 0.380 e. The number of nitrogen functional groups attached to an aromatic ring is 1. The molecule has 0 spiro atoms. The molecule has 0 saturated carbocycles. The number of rotatable bonds is 2. The maximum Gasteiger partial charge on any atom is 0.179 e. The van der Waals surface area contributed by atoms with Crippen LogP contribution in [0.1, 0.15) is 0 Å². The van der Waals surface area contributed by atoms with E-state index in [4.69, 9.17) is 21.9 Å². The van der Waals surface area contributed by atoms with Crippen LogP contribution in [0.25, 0.3) is 22.5 Å². The Balaban J connectivity index is 2.28. The van der Waals surface area contributed by atoms with Crippen LogP contribution in [0.5, 0.6) is 0 Å². The van der Waals surface area contributed by atoms with Gasteiger partial charge in [-0.15, -0.1) is 0 Å². The highest BCUT2D eigenvalue weighted by Gasteiger charge is 2.22. The van der Waals surface area contributed by atoms with Gasteiger partial charge in [0.05, 0.1) is 16.1 Å². The van der Waals surface area contributed by atoms with Crippen LogP contribution in [0.2, 0.25) is 5.02 Å². The van der Waals surface area contributed by atoms with Crippen LogP contribution < -0.4 is 5.73 Å². The quantitative estimate of drug-likeness (QED) is 0.682. The Morgan fingerprint density at radius 3 is 2.57 bits per heavy atom. The number of halogens is 3. The zero-order valence-corrected chi connectivity index (χ0v) is 13.0. The first-order valence-corrected chi connectivity index (χ1v) is 7.21. The molecule has 21 heavy (non-hydrogen) atoms. The van der Waals surface area contributed by atoms with Gasteiger partial charge in [0.2, 0.25) is 0 Å². The van der Waals surface area contributed by atoms with Crippen molar-refractivity contribution in [3.05, 3.63) is 57.8 Å². The first-order valence-electron chi connectivity index (χ1n) is 6.04. The highest BCUT2D eigenvalue weighted by atomic mass is 79.9. The Kier molecular flexibility index (Phi) is 3.69. The van der Waals surface area contributed by atoms with E-state index < -0.39 is 5.82 Å². The minimum absolute atomic E-state index is 0.0144. The van der Waals surface area contributed by atoms with Gasteiger partial charge in [-0.05, 0) is 18.2 Å². The van der Waals surface area contributed by atoms with Crippen molar-refractivity contribution in [2.75, 3.05) is 5.73 Å². The fourth-order valence-electron chi connectivity index (χ4n) is 2.09. The molecule has 2 aromatic carbocycles. The molecule has 6 heteroatoms. The molecule has 3 nitrogen and oxygen atoms in total. The average molecular weight is 368 g/mol. The van der Waals surface area contributed by atoms with Gasteiger partial charge in [-0.1, -0.05) is 57.0 Å². The molecule has 106 valence electrons. The summed E-state index contributed by atoms with van der Waals surface area (Å²) in [5, 5.41) is 3.77. The van der Waals surface area contributed by atoms with Crippen LogP contribution in [0, 0.1) is 5.82 Å². The summed E-state index contributed by atoms with van der Waals surface area (Å²) >= 11 is 9.27. The number of benzene rings is 2. The predicted octanol–water partition coefficient (Wildman–Crippen LogP) is 5.15. The van der Waals surface area contributed by atoms with Crippen LogP contribution >= 0.6 is 27.5 Å². The van der Waals surface area contributed by atoms with Crippen LogP contribution in [-0.4, -0.2) is 5.16 Å². The minimum atomic E-state index is -0.566. The molecule has 3 rings (SSSR count). The summed E-state index contributed by atoms with van der Waals surface area (Å²) in [5.41, 5.74) is 7.41. The maximum atomic E-state index is 14.2. The van der Waals surface area contributed by atoms with Crippen molar-refractivity contribution in [2.24, 2.45) is 0 Å². The van der Waals surface area contributed by atoms with Crippen molar-refractivity contribution in [2.45, 2.75) is 0 Å². The van der Waals surface area contributed by atoms with Gasteiger partial charge in [0.25, 0.3) is 0 Å². The summed E-state index contributed by atoms with van der Waals surface area (Å²) in [6.07, 6.45) is 0. The molecule has 1 aromatic heterocycles. The molecule has 0 saturated heterocycles. The van der Waals surface area contributed by atoms with E-state index >= 15 is 0 Å². The molecule has 0 amide bonds. The summed E-state index contributed by atoms with van der Waals surface area (Å²) in [7, 11) is 0. The molecular formula is C15H9BrClFN2O. The molecule has 0 aliphatic heterocycles. The monoisotopic (exact) mass is 366 g/mol. The number of hydrogen-bond acceptors (Lipinski definition) is 3. The van der Waals surface area contributed by atoms with Gasteiger partial charge in [0.15, 0.2) is 17.4 Å². The lowest BCUT2D eigenvalue weighted by molar-refractivity contribution is 0.433. The number of anilines is 1. The Hall–Kier alpha value is -1.85. The third-order valence-electron chi connectivity index (χ3n) is 3.06. The fourth-order valence-corrected chi connectivity index (χ4v) is 2.75. The van der Waals surface area contributed by atoms with Gasteiger partial charge in [0, 0.05) is 10.0 Å². The second-order valence-electron chi connectivity index (χ2n) is 4.35. The lowest BCUT2D eigenvalue weighted by Crippen LogP contribution is -1.91. The summed E-state index contributed by atoms with van der Waals surface area (Å²) in [4.78, 5) is 0. The zero-order chi connectivity index (χ0) is 15.0. The lowest BCUT2D eigenvalue weighted by Gasteiger charge is -2.06. The van der Waals surface area contributed by atoms with E-state index in [1.54, 1.807) is 12.1 Å². The third-order valence-corrected chi connectivity index (χ3v) is 4.04. The minimum Gasteiger partial charge on any atom is -0.380 e. The summed E-state index contributed by atoms with van der Waals surface area (Å²) in [5.74, 6) is -0.126. The molecule has 3 aromatic rings. The fraction of sp³-hybridized carbons (Fsp3) is 0. The van der Waals surface area contributed by atoms with E-state index in [1.165, 1.54) is 6.07 Å². The maximum absolute atomic E-state index is 14.2. The average Bonchev–Trinajstić information content (AvgIpc) is 2.84. The first-order chi connectivity index (χ1) is 10.1. The van der Waals surface area contributed by atoms with E-state index in [-0.39, 0.29) is 22.2 Å². The summed E-state index contributed by atoms with van der Waals surface area (Å²) in [6.45, 7) is 0. The van der Waals surface area contributed by atoms with Crippen molar-refractivity contribution < 1.29 is 8.91 Å². The number of nitrogens with two attached hydrogens (primary N) is 1. The SMILES string of the molecule is Nc1noc(-c2cccc(Cl)c2F)c1-c1ccccc1Br. The molecule has 1 heterocycles. The van der Waals surface area contributed by atoms with Gasteiger partial charge in [-0.3, -0.25) is 0 Å². The highest BCUT2D eigenvalue weighted by molar-refractivity contribution is 9.10. The Morgan fingerprint density at radius 1 is 1.10 bits per heavy atom. The molecule has 2 N–H and O–H groups in total. The summed E-state index contributed by atoms with van der Waals surface area (Å²) in [6, 6.07) is 12.1. The van der Waals surface area contributed by atoms with Gasteiger partial charge in [-0.2, -0.15) is 0 Å². The van der Waals surface area contributed by atoms with E-state index in [0.717, 1.165) is 10.0 Å².